The Morgan fingerprint density at radius 1 is 1.62 bits per heavy atom. The molecule has 0 spiro atoms. The molecular weight excluding hydrogens is 158 g/mol. The van der Waals surface area contributed by atoms with Crippen LogP contribution in [0.1, 0.15) is 40.0 Å². The van der Waals surface area contributed by atoms with Gasteiger partial charge < -0.3 is 0 Å². The third-order valence-electron chi connectivity index (χ3n) is 1.65. The van der Waals surface area contributed by atoms with Gasteiger partial charge in [-0.15, -0.1) is 11.8 Å². The summed E-state index contributed by atoms with van der Waals surface area (Å²) in [6.07, 6.45) is 5.08. The Balaban J connectivity index is 3.54. The van der Waals surface area contributed by atoms with Crippen LogP contribution in [-0.4, -0.2) is 12.3 Å². The fourth-order valence-electron chi connectivity index (χ4n) is 0.940. The van der Waals surface area contributed by atoms with Crippen LogP contribution in [0, 0.1) is 11.8 Å². The predicted molar refractivity (Wildman–Crippen MR) is 60.1 cm³/mol. The van der Waals surface area contributed by atoms with Crippen LogP contribution in [0.15, 0.2) is 17.1 Å². The molecule has 0 rings (SSSR count). The Hall–Kier alpha value is -1.03. The van der Waals surface area contributed by atoms with Crippen LogP contribution in [0.5, 0.6) is 0 Å². The van der Waals surface area contributed by atoms with Crippen molar-refractivity contribution in [3.8, 4) is 11.8 Å². The minimum atomic E-state index is 0.398. The molecule has 1 unspecified atom stereocenters. The van der Waals surface area contributed by atoms with Gasteiger partial charge in [-0.2, -0.15) is 0 Å². The van der Waals surface area contributed by atoms with Crippen molar-refractivity contribution in [3.05, 3.63) is 12.2 Å². The minimum absolute atomic E-state index is 0.398. The first-order valence-electron chi connectivity index (χ1n) is 4.75. The molecule has 0 aliphatic rings. The fourth-order valence-corrected chi connectivity index (χ4v) is 0.940. The Labute approximate surface area is 82.0 Å². The molecule has 1 heteroatoms. The smallest absolute Gasteiger partial charge is 0.0471 e. The molecule has 0 N–H and O–H groups in total. The largest absolute Gasteiger partial charge is 0.290 e. The highest BCUT2D eigenvalue weighted by Crippen LogP contribution is 2.03. The van der Waals surface area contributed by atoms with E-state index >= 15 is 0 Å². The van der Waals surface area contributed by atoms with Gasteiger partial charge >= 0.3 is 0 Å². The maximum Gasteiger partial charge on any atom is 0.0471 e. The average molecular weight is 177 g/mol. The van der Waals surface area contributed by atoms with Gasteiger partial charge in [0, 0.05) is 18.7 Å². The highest BCUT2D eigenvalue weighted by molar-refractivity contribution is 5.76. The number of hydrogen-bond acceptors (Lipinski definition) is 1. The molecule has 72 valence electrons. The normalized spacial score (nSPS) is 12.2. The molecule has 0 aliphatic heterocycles. The molecule has 0 saturated carbocycles. The number of allylic oxidation sites excluding steroid dienone is 1. The van der Waals surface area contributed by atoms with Crippen LogP contribution in [0.25, 0.3) is 0 Å². The maximum absolute atomic E-state index is 4.35. The summed E-state index contributed by atoms with van der Waals surface area (Å²) in [6, 6.07) is 0.398. The van der Waals surface area contributed by atoms with E-state index < -0.39 is 0 Å². The zero-order valence-electron chi connectivity index (χ0n) is 8.93. The zero-order chi connectivity index (χ0) is 10.1. The van der Waals surface area contributed by atoms with E-state index in [2.05, 4.69) is 30.3 Å². The van der Waals surface area contributed by atoms with E-state index in [4.69, 9.17) is 0 Å². The lowest BCUT2D eigenvalue weighted by Gasteiger charge is -2.03. The predicted octanol–water partition coefficient (Wildman–Crippen LogP) is 3.22. The summed E-state index contributed by atoms with van der Waals surface area (Å²) in [5, 5.41) is 0. The van der Waals surface area contributed by atoms with Crippen molar-refractivity contribution < 1.29 is 0 Å². The maximum atomic E-state index is 4.35. The van der Waals surface area contributed by atoms with Gasteiger partial charge in [0.05, 0.1) is 0 Å². The first kappa shape index (κ1) is 12.0. The fraction of sp³-hybridized carbons (Fsp3) is 0.583. The molecule has 0 heterocycles. The van der Waals surface area contributed by atoms with Gasteiger partial charge in [-0.3, -0.25) is 4.99 Å². The topological polar surface area (TPSA) is 12.4 Å². The van der Waals surface area contributed by atoms with Gasteiger partial charge in [-0.25, -0.2) is 0 Å². The minimum Gasteiger partial charge on any atom is -0.290 e. The molecule has 0 aromatic rings. The quantitative estimate of drug-likeness (QED) is 0.347. The summed E-state index contributed by atoms with van der Waals surface area (Å²) in [5.74, 6) is 5.94. The second-order valence-electron chi connectivity index (χ2n) is 3.29. The van der Waals surface area contributed by atoms with Crippen molar-refractivity contribution in [1.29, 1.82) is 0 Å². The van der Waals surface area contributed by atoms with Crippen molar-refractivity contribution in [3.63, 3.8) is 0 Å². The molecule has 13 heavy (non-hydrogen) atoms. The molecule has 0 bridgehead atoms. The van der Waals surface area contributed by atoms with Crippen molar-refractivity contribution in [1.82, 2.24) is 0 Å². The Bertz CT molecular complexity index is 227. The van der Waals surface area contributed by atoms with Crippen molar-refractivity contribution in [2.45, 2.75) is 46.1 Å². The van der Waals surface area contributed by atoms with Crippen molar-refractivity contribution in [2.75, 3.05) is 0 Å². The number of aliphatic imine (C=N–C) groups is 1. The van der Waals surface area contributed by atoms with Gasteiger partial charge in [0.15, 0.2) is 0 Å². The molecule has 0 fully saturated rings. The number of unbranched alkanes of at least 4 members (excludes halogenated alkanes) is 1. The Morgan fingerprint density at radius 2 is 2.31 bits per heavy atom. The molecule has 0 aliphatic carbocycles. The summed E-state index contributed by atoms with van der Waals surface area (Å²) in [6.45, 7) is 9.72. The zero-order valence-corrected chi connectivity index (χ0v) is 8.93. The summed E-state index contributed by atoms with van der Waals surface area (Å²) in [5.41, 5.74) is 1.01. The molecule has 0 aromatic carbocycles. The first-order valence-corrected chi connectivity index (χ1v) is 4.75. The lowest BCUT2D eigenvalue weighted by molar-refractivity contribution is 0.638. The second kappa shape index (κ2) is 7.61. The highest BCUT2D eigenvalue weighted by atomic mass is 14.7. The first-order chi connectivity index (χ1) is 6.16. The van der Waals surface area contributed by atoms with E-state index in [1.165, 1.54) is 0 Å². The lowest BCUT2D eigenvalue weighted by atomic mass is 10.1. The lowest BCUT2D eigenvalue weighted by Crippen LogP contribution is -1.97. The summed E-state index contributed by atoms with van der Waals surface area (Å²) in [7, 11) is 0. The molecule has 0 saturated heterocycles. The van der Waals surface area contributed by atoms with Gasteiger partial charge in [-0.1, -0.05) is 6.58 Å². The van der Waals surface area contributed by atoms with Crippen LogP contribution in [-0.2, 0) is 0 Å². The number of nitrogens with zero attached hydrogens (tertiary/aromatic N) is 1. The molecule has 0 radical (unpaired) electrons. The van der Waals surface area contributed by atoms with E-state index in [0.29, 0.717) is 6.04 Å². The van der Waals surface area contributed by atoms with E-state index in [-0.39, 0.29) is 0 Å². The van der Waals surface area contributed by atoms with Crippen molar-refractivity contribution in [2.24, 2.45) is 4.99 Å². The Kier molecular flexibility index (Phi) is 7.01. The van der Waals surface area contributed by atoms with Crippen LogP contribution in [0.4, 0.5) is 0 Å². The van der Waals surface area contributed by atoms with Crippen LogP contribution in [0.2, 0.25) is 0 Å². The SMILES string of the molecule is C=C(C)C=NC(C)CCCC#CC. The molecule has 0 aromatic heterocycles. The van der Waals surface area contributed by atoms with Crippen molar-refractivity contribution >= 4 is 6.21 Å². The van der Waals surface area contributed by atoms with E-state index in [9.17, 15) is 0 Å². The van der Waals surface area contributed by atoms with E-state index in [1.54, 1.807) is 0 Å². The van der Waals surface area contributed by atoms with Gasteiger partial charge in [0.2, 0.25) is 0 Å². The number of rotatable bonds is 5. The van der Waals surface area contributed by atoms with Gasteiger partial charge in [-0.05, 0) is 39.2 Å². The highest BCUT2D eigenvalue weighted by Gasteiger charge is 1.95. The second-order valence-corrected chi connectivity index (χ2v) is 3.29. The van der Waals surface area contributed by atoms with E-state index in [0.717, 1.165) is 24.8 Å². The Morgan fingerprint density at radius 3 is 2.85 bits per heavy atom. The molecular formula is C12H19N. The average Bonchev–Trinajstić information content (AvgIpc) is 2.09. The van der Waals surface area contributed by atoms with Gasteiger partial charge in [0.1, 0.15) is 0 Å². The third kappa shape index (κ3) is 8.88. The third-order valence-corrected chi connectivity index (χ3v) is 1.65. The molecule has 0 amide bonds. The summed E-state index contributed by atoms with van der Waals surface area (Å²) in [4.78, 5) is 4.35. The van der Waals surface area contributed by atoms with Crippen LogP contribution in [0.3, 0.4) is 0 Å². The summed E-state index contributed by atoms with van der Waals surface area (Å²) >= 11 is 0. The summed E-state index contributed by atoms with van der Waals surface area (Å²) < 4.78 is 0. The molecule has 1 nitrogen and oxygen atoms in total. The number of hydrogen-bond donors (Lipinski definition) is 0. The van der Waals surface area contributed by atoms with Crippen LogP contribution < -0.4 is 0 Å². The monoisotopic (exact) mass is 177 g/mol. The van der Waals surface area contributed by atoms with E-state index in [1.807, 2.05) is 20.1 Å². The van der Waals surface area contributed by atoms with Crippen LogP contribution >= 0.6 is 0 Å². The molecule has 1 atom stereocenters. The standard InChI is InChI=1S/C12H19N/c1-5-6-7-8-9-12(4)13-10-11(2)3/h10,12H,2,7-9H2,1,3-4H3. The van der Waals surface area contributed by atoms with Gasteiger partial charge in [0.25, 0.3) is 0 Å².